The first-order valence-corrected chi connectivity index (χ1v) is 8.58. The number of hydrogen-bond donors (Lipinski definition) is 3. The van der Waals surface area contributed by atoms with E-state index < -0.39 is 5.91 Å². The molecule has 0 aliphatic rings. The van der Waals surface area contributed by atoms with Gasteiger partial charge < -0.3 is 15.2 Å². The Morgan fingerprint density at radius 2 is 1.89 bits per heavy atom. The zero-order valence-electron chi connectivity index (χ0n) is 14.3. The number of phenolic OH excluding ortho intramolecular Hbond substituents is 1. The number of hydrogen-bond acceptors (Lipinski definition) is 5. The summed E-state index contributed by atoms with van der Waals surface area (Å²) in [4.78, 5) is 23.6. The second kappa shape index (κ2) is 9.80. The Labute approximate surface area is 165 Å². The van der Waals surface area contributed by atoms with Gasteiger partial charge in [0.05, 0.1) is 24.0 Å². The number of carbonyl (C=O) groups excluding carboxylic acids is 2. The molecule has 0 aliphatic heterocycles. The molecule has 0 heterocycles. The number of carbonyl (C=O) groups is 2. The predicted octanol–water partition coefficient (Wildman–Crippen LogP) is 3.58. The molecule has 0 aliphatic carbocycles. The van der Waals surface area contributed by atoms with Crippen LogP contribution in [0.5, 0.6) is 11.5 Å². The number of aromatic hydroxyl groups is 1. The van der Waals surface area contributed by atoms with Crippen molar-refractivity contribution in [2.24, 2.45) is 5.10 Å². The van der Waals surface area contributed by atoms with Crippen LogP contribution in [-0.2, 0) is 9.59 Å². The second-order valence-electron chi connectivity index (χ2n) is 5.40. The van der Waals surface area contributed by atoms with E-state index in [1.54, 1.807) is 24.3 Å². The average molecular weight is 410 g/mol. The first-order chi connectivity index (χ1) is 12.9. The zero-order valence-corrected chi connectivity index (χ0v) is 15.8. The van der Waals surface area contributed by atoms with Gasteiger partial charge in [-0.1, -0.05) is 23.2 Å². The third-order valence-electron chi connectivity index (χ3n) is 3.39. The lowest BCUT2D eigenvalue weighted by Crippen LogP contribution is -2.20. The van der Waals surface area contributed by atoms with Crippen LogP contribution in [-0.4, -0.2) is 30.2 Å². The number of methoxy groups -OCH3 is 1. The van der Waals surface area contributed by atoms with Crippen LogP contribution < -0.4 is 15.5 Å². The van der Waals surface area contributed by atoms with Crippen molar-refractivity contribution >= 4 is 46.9 Å². The summed E-state index contributed by atoms with van der Waals surface area (Å²) in [6.07, 6.45) is 1.27. The first kappa shape index (κ1) is 20.5. The van der Waals surface area contributed by atoms with Crippen molar-refractivity contribution < 1.29 is 19.4 Å². The highest BCUT2D eigenvalue weighted by molar-refractivity contribution is 6.36. The lowest BCUT2D eigenvalue weighted by Gasteiger charge is -2.07. The summed E-state index contributed by atoms with van der Waals surface area (Å²) in [5.41, 5.74) is 3.30. The molecule has 0 radical (unpaired) electrons. The van der Waals surface area contributed by atoms with Gasteiger partial charge in [0.1, 0.15) is 0 Å². The molecule has 142 valence electrons. The molecule has 3 N–H and O–H groups in total. The van der Waals surface area contributed by atoms with E-state index in [0.29, 0.717) is 27.0 Å². The molecule has 7 nitrogen and oxygen atoms in total. The van der Waals surface area contributed by atoms with Crippen LogP contribution >= 0.6 is 23.2 Å². The van der Waals surface area contributed by atoms with Gasteiger partial charge in [0.2, 0.25) is 11.8 Å². The topological polar surface area (TPSA) is 100 Å². The second-order valence-corrected chi connectivity index (χ2v) is 6.24. The van der Waals surface area contributed by atoms with Gasteiger partial charge >= 0.3 is 0 Å². The number of phenols is 1. The molecule has 2 rings (SSSR count). The average Bonchev–Trinajstić information content (AvgIpc) is 2.62. The van der Waals surface area contributed by atoms with E-state index in [-0.39, 0.29) is 24.5 Å². The minimum atomic E-state index is -0.429. The summed E-state index contributed by atoms with van der Waals surface area (Å²) in [6.45, 7) is 0. The van der Waals surface area contributed by atoms with E-state index in [2.05, 4.69) is 15.8 Å². The van der Waals surface area contributed by atoms with E-state index in [1.165, 1.54) is 25.5 Å². The number of hydrazone groups is 1. The van der Waals surface area contributed by atoms with Gasteiger partial charge in [-0.2, -0.15) is 5.10 Å². The smallest absolute Gasteiger partial charge is 0.240 e. The summed E-state index contributed by atoms with van der Waals surface area (Å²) in [7, 11) is 1.44. The Balaban J connectivity index is 1.78. The lowest BCUT2D eigenvalue weighted by molar-refractivity contribution is -0.124. The molecule has 27 heavy (non-hydrogen) atoms. The first-order valence-electron chi connectivity index (χ1n) is 7.83. The van der Waals surface area contributed by atoms with Crippen LogP contribution in [0, 0.1) is 0 Å². The SMILES string of the molecule is COc1ccc(C=NNC(=O)CCC(=O)Nc2ccc(Cl)cc2Cl)cc1O. The molecule has 0 saturated carbocycles. The number of amides is 2. The Morgan fingerprint density at radius 1 is 1.15 bits per heavy atom. The monoisotopic (exact) mass is 409 g/mol. The van der Waals surface area contributed by atoms with Crippen LogP contribution in [0.4, 0.5) is 5.69 Å². The van der Waals surface area contributed by atoms with Gasteiger partial charge in [-0.25, -0.2) is 5.43 Å². The standard InChI is InChI=1S/C18H17Cl2N3O4/c1-27-16-5-2-11(8-15(16)24)10-21-23-18(26)7-6-17(25)22-14-4-3-12(19)9-13(14)20/h2-5,8-10,24H,6-7H2,1H3,(H,22,25)(H,23,26). The van der Waals surface area contributed by atoms with Gasteiger partial charge in [0.15, 0.2) is 11.5 Å². The van der Waals surface area contributed by atoms with E-state index in [9.17, 15) is 14.7 Å². The number of nitrogens with zero attached hydrogens (tertiary/aromatic N) is 1. The molecule has 0 atom stereocenters. The maximum atomic E-state index is 11.9. The van der Waals surface area contributed by atoms with Crippen LogP contribution in [0.25, 0.3) is 0 Å². The van der Waals surface area contributed by atoms with Gasteiger partial charge in [-0.05, 0) is 42.0 Å². The Morgan fingerprint density at radius 3 is 2.56 bits per heavy atom. The van der Waals surface area contributed by atoms with Crippen molar-refractivity contribution in [1.82, 2.24) is 5.43 Å². The third-order valence-corrected chi connectivity index (χ3v) is 3.94. The lowest BCUT2D eigenvalue weighted by atomic mass is 10.2. The molecule has 0 aromatic heterocycles. The highest BCUT2D eigenvalue weighted by Crippen LogP contribution is 2.26. The fourth-order valence-electron chi connectivity index (χ4n) is 2.05. The molecular formula is C18H17Cl2N3O4. The summed E-state index contributed by atoms with van der Waals surface area (Å²) < 4.78 is 4.94. The summed E-state index contributed by atoms with van der Waals surface area (Å²) in [6, 6.07) is 9.37. The van der Waals surface area contributed by atoms with Crippen molar-refractivity contribution in [3.63, 3.8) is 0 Å². The molecule has 9 heteroatoms. The zero-order chi connectivity index (χ0) is 19.8. The number of anilines is 1. The Bertz CT molecular complexity index is 872. The van der Waals surface area contributed by atoms with E-state index in [1.807, 2.05) is 0 Å². The molecular weight excluding hydrogens is 393 g/mol. The normalized spacial score (nSPS) is 10.6. The summed E-state index contributed by atoms with van der Waals surface area (Å²) in [5.74, 6) is -0.493. The summed E-state index contributed by atoms with van der Waals surface area (Å²) in [5, 5.41) is 16.8. The highest BCUT2D eigenvalue weighted by Gasteiger charge is 2.09. The molecule has 0 spiro atoms. The van der Waals surface area contributed by atoms with Gasteiger partial charge in [-0.15, -0.1) is 0 Å². The van der Waals surface area contributed by atoms with Crippen molar-refractivity contribution in [1.29, 1.82) is 0 Å². The predicted molar refractivity (Wildman–Crippen MR) is 105 cm³/mol. The van der Waals surface area contributed by atoms with Crippen molar-refractivity contribution in [2.75, 3.05) is 12.4 Å². The third kappa shape index (κ3) is 6.47. The number of nitrogens with one attached hydrogen (secondary N) is 2. The number of ether oxygens (including phenoxy) is 1. The van der Waals surface area contributed by atoms with Crippen molar-refractivity contribution in [3.05, 3.63) is 52.0 Å². The van der Waals surface area contributed by atoms with E-state index >= 15 is 0 Å². The number of halogens is 2. The van der Waals surface area contributed by atoms with Crippen LogP contribution in [0.3, 0.4) is 0 Å². The highest BCUT2D eigenvalue weighted by atomic mass is 35.5. The van der Waals surface area contributed by atoms with Crippen LogP contribution in [0.2, 0.25) is 10.0 Å². The maximum absolute atomic E-state index is 11.9. The van der Waals surface area contributed by atoms with Crippen LogP contribution in [0.15, 0.2) is 41.5 Å². The molecule has 2 amide bonds. The number of rotatable bonds is 7. The van der Waals surface area contributed by atoms with E-state index in [0.717, 1.165) is 0 Å². The largest absolute Gasteiger partial charge is 0.504 e. The quantitative estimate of drug-likeness (QED) is 0.480. The Hall–Kier alpha value is -2.77. The molecule has 0 fully saturated rings. The van der Waals surface area contributed by atoms with Gasteiger partial charge in [0.25, 0.3) is 0 Å². The van der Waals surface area contributed by atoms with E-state index in [4.69, 9.17) is 27.9 Å². The van der Waals surface area contributed by atoms with Gasteiger partial charge in [-0.3, -0.25) is 9.59 Å². The van der Waals surface area contributed by atoms with Crippen molar-refractivity contribution in [3.8, 4) is 11.5 Å². The molecule has 0 unspecified atom stereocenters. The molecule has 0 saturated heterocycles. The van der Waals surface area contributed by atoms with Crippen molar-refractivity contribution in [2.45, 2.75) is 12.8 Å². The maximum Gasteiger partial charge on any atom is 0.240 e. The molecule has 2 aromatic carbocycles. The minimum absolute atomic E-state index is 0.0368. The fraction of sp³-hybridized carbons (Fsp3) is 0.167. The van der Waals surface area contributed by atoms with Gasteiger partial charge in [0, 0.05) is 17.9 Å². The van der Waals surface area contributed by atoms with Crippen LogP contribution in [0.1, 0.15) is 18.4 Å². The Kier molecular flexibility index (Phi) is 7.45. The molecule has 0 bridgehead atoms. The number of benzene rings is 2. The minimum Gasteiger partial charge on any atom is -0.504 e. The summed E-state index contributed by atoms with van der Waals surface area (Å²) >= 11 is 11.8. The molecule has 2 aromatic rings. The fourth-order valence-corrected chi connectivity index (χ4v) is 2.51.